The monoisotopic (exact) mass is 401 g/mol. The fourth-order valence-electron chi connectivity index (χ4n) is 4.02. The summed E-state index contributed by atoms with van der Waals surface area (Å²) >= 11 is 0. The average Bonchev–Trinajstić information content (AvgIpc) is 2.66. The molecule has 0 unspecified atom stereocenters. The Labute approximate surface area is 165 Å². The van der Waals surface area contributed by atoms with E-state index in [4.69, 9.17) is 5.73 Å². The summed E-state index contributed by atoms with van der Waals surface area (Å²) in [7, 11) is 0. The van der Waals surface area contributed by atoms with Crippen LogP contribution in [0.15, 0.2) is 29.2 Å². The first-order chi connectivity index (χ1) is 13.7. The van der Waals surface area contributed by atoms with Crippen LogP contribution < -0.4 is 16.1 Å². The summed E-state index contributed by atoms with van der Waals surface area (Å²) in [5, 5.41) is 19.6. The quantitative estimate of drug-likeness (QED) is 0.585. The molecule has 0 bridgehead atoms. The molecular weight excluding hydrogens is 380 g/mol. The Morgan fingerprint density at radius 2 is 1.90 bits per heavy atom. The first-order valence-corrected chi connectivity index (χ1v) is 9.20. The van der Waals surface area contributed by atoms with E-state index in [-0.39, 0.29) is 27.6 Å². The predicted molar refractivity (Wildman–Crippen MR) is 107 cm³/mol. The topological polar surface area (TPSA) is 91.7 Å². The molecule has 4 rings (SSSR count). The molecule has 0 saturated carbocycles. The molecule has 1 aliphatic rings. The molecule has 6 nitrogen and oxygen atoms in total. The van der Waals surface area contributed by atoms with Gasteiger partial charge in [0.25, 0.3) is 0 Å². The van der Waals surface area contributed by atoms with E-state index in [1.165, 1.54) is 25.3 Å². The van der Waals surface area contributed by atoms with Gasteiger partial charge in [0.05, 0.1) is 40.7 Å². The highest BCUT2D eigenvalue weighted by atomic mass is 19.1. The van der Waals surface area contributed by atoms with E-state index in [2.05, 4.69) is 0 Å². The molecule has 0 radical (unpaired) electrons. The lowest BCUT2D eigenvalue weighted by Gasteiger charge is -2.39. The third kappa shape index (κ3) is 2.87. The van der Waals surface area contributed by atoms with Crippen LogP contribution in [0, 0.1) is 25.5 Å². The van der Waals surface area contributed by atoms with Crippen LogP contribution in [-0.2, 0) is 6.61 Å². The minimum atomic E-state index is -0.655. The number of nitrogen functional groups attached to an aromatic ring is 1. The largest absolute Gasteiger partial charge is 0.396 e. The molecule has 1 saturated heterocycles. The van der Waals surface area contributed by atoms with Gasteiger partial charge >= 0.3 is 0 Å². The summed E-state index contributed by atoms with van der Waals surface area (Å²) < 4.78 is 30.7. The number of anilines is 2. The van der Waals surface area contributed by atoms with Gasteiger partial charge in [-0.1, -0.05) is 0 Å². The lowest BCUT2D eigenvalue weighted by Crippen LogP contribution is -2.51. The Bertz CT molecular complexity index is 1200. The zero-order chi connectivity index (χ0) is 21.0. The second kappa shape index (κ2) is 6.82. The zero-order valence-corrected chi connectivity index (χ0v) is 16.0. The van der Waals surface area contributed by atoms with Crippen molar-refractivity contribution in [1.29, 1.82) is 0 Å². The van der Waals surface area contributed by atoms with Crippen molar-refractivity contribution in [3.63, 3.8) is 0 Å². The summed E-state index contributed by atoms with van der Waals surface area (Å²) in [4.78, 5) is 14.3. The number of aliphatic hydroxyl groups is 2. The van der Waals surface area contributed by atoms with E-state index >= 15 is 4.39 Å². The van der Waals surface area contributed by atoms with E-state index in [9.17, 15) is 19.4 Å². The summed E-state index contributed by atoms with van der Waals surface area (Å²) in [6, 6.07) is 3.84. The van der Waals surface area contributed by atoms with Gasteiger partial charge in [-0.2, -0.15) is 0 Å². The molecule has 29 heavy (non-hydrogen) atoms. The minimum Gasteiger partial charge on any atom is -0.396 e. The van der Waals surface area contributed by atoms with E-state index < -0.39 is 24.3 Å². The van der Waals surface area contributed by atoms with Gasteiger partial charge in [-0.25, -0.2) is 8.78 Å². The number of aromatic nitrogens is 1. The van der Waals surface area contributed by atoms with Crippen molar-refractivity contribution in [2.75, 3.05) is 23.7 Å². The van der Waals surface area contributed by atoms with Crippen molar-refractivity contribution in [1.82, 2.24) is 4.57 Å². The van der Waals surface area contributed by atoms with Gasteiger partial charge in [0.2, 0.25) is 0 Å². The van der Waals surface area contributed by atoms with Crippen molar-refractivity contribution in [2.45, 2.75) is 26.6 Å². The van der Waals surface area contributed by atoms with Crippen LogP contribution in [0.4, 0.5) is 20.2 Å². The van der Waals surface area contributed by atoms with Crippen molar-refractivity contribution in [3.05, 3.63) is 62.9 Å². The maximum Gasteiger partial charge on any atom is 0.189 e. The second-order valence-electron chi connectivity index (χ2n) is 7.41. The highest BCUT2D eigenvalue weighted by molar-refractivity contribution is 5.92. The Balaban J connectivity index is 2.11. The number of β-amino-alcohol motifs (C(OH)–C–C–N with tert-alkyl or cyclic N) is 1. The molecule has 0 atom stereocenters. The number of aliphatic hydroxyl groups excluding tert-OH is 2. The normalized spacial score (nSPS) is 14.5. The number of fused-ring (bicyclic) bond motifs is 1. The molecule has 2 aromatic carbocycles. The molecule has 152 valence electrons. The Hall–Kier alpha value is -2.97. The fourth-order valence-corrected chi connectivity index (χ4v) is 4.02. The van der Waals surface area contributed by atoms with Gasteiger partial charge in [0, 0.05) is 42.0 Å². The molecule has 8 heteroatoms. The van der Waals surface area contributed by atoms with Gasteiger partial charge in [0.15, 0.2) is 11.2 Å². The molecule has 1 aromatic heterocycles. The van der Waals surface area contributed by atoms with Crippen LogP contribution in [0.2, 0.25) is 0 Å². The Kier molecular flexibility index (Phi) is 4.55. The van der Waals surface area contributed by atoms with E-state index in [1.54, 1.807) is 16.4 Å². The average molecular weight is 401 g/mol. The number of hydrogen-bond donors (Lipinski definition) is 3. The smallest absolute Gasteiger partial charge is 0.189 e. The van der Waals surface area contributed by atoms with E-state index in [0.29, 0.717) is 35.5 Å². The third-order valence-corrected chi connectivity index (χ3v) is 5.53. The molecule has 1 fully saturated rings. The van der Waals surface area contributed by atoms with Crippen LogP contribution in [0.1, 0.15) is 16.7 Å². The number of hydrogen-bond acceptors (Lipinski definition) is 5. The predicted octanol–water partition coefficient (Wildman–Crippen LogP) is 2.14. The first-order valence-electron chi connectivity index (χ1n) is 9.20. The summed E-state index contributed by atoms with van der Waals surface area (Å²) in [6.07, 6.45) is 0.982. The maximum absolute atomic E-state index is 15.2. The Morgan fingerprint density at radius 1 is 1.21 bits per heavy atom. The van der Waals surface area contributed by atoms with Crippen molar-refractivity contribution < 1.29 is 19.0 Å². The number of pyridine rings is 1. The highest BCUT2D eigenvalue weighted by Gasteiger charge is 2.31. The molecule has 2 heterocycles. The molecule has 0 aliphatic carbocycles. The number of nitrogens with two attached hydrogens (primary N) is 1. The van der Waals surface area contributed by atoms with Gasteiger partial charge in [0.1, 0.15) is 5.82 Å². The molecule has 0 amide bonds. The van der Waals surface area contributed by atoms with E-state index in [0.717, 1.165) is 6.07 Å². The fraction of sp³-hybridized carbons (Fsp3) is 0.286. The molecule has 3 aromatic rings. The summed E-state index contributed by atoms with van der Waals surface area (Å²) in [5.74, 6) is -1.16. The second-order valence-corrected chi connectivity index (χ2v) is 7.41. The number of aryl methyl sites for hydroxylation is 2. The molecule has 0 spiro atoms. The van der Waals surface area contributed by atoms with Crippen molar-refractivity contribution >= 4 is 22.3 Å². The first kappa shape index (κ1) is 19.4. The maximum atomic E-state index is 15.2. The molecule has 4 N–H and O–H groups in total. The number of nitrogens with zero attached hydrogens (tertiary/aromatic N) is 2. The third-order valence-electron chi connectivity index (χ3n) is 5.53. The minimum absolute atomic E-state index is 0.105. The van der Waals surface area contributed by atoms with E-state index in [1.807, 2.05) is 0 Å². The van der Waals surface area contributed by atoms with Crippen molar-refractivity contribution in [2.24, 2.45) is 0 Å². The van der Waals surface area contributed by atoms with Crippen molar-refractivity contribution in [3.8, 4) is 5.69 Å². The van der Waals surface area contributed by atoms with Gasteiger partial charge in [-0.15, -0.1) is 0 Å². The van der Waals surface area contributed by atoms with Crippen LogP contribution in [0.3, 0.4) is 0 Å². The van der Waals surface area contributed by atoms with Crippen LogP contribution >= 0.6 is 0 Å². The number of rotatable bonds is 3. The van der Waals surface area contributed by atoms with Gasteiger partial charge in [-0.3, -0.25) is 4.79 Å². The lowest BCUT2D eigenvalue weighted by molar-refractivity contribution is 0.141. The lowest BCUT2D eigenvalue weighted by atomic mass is 9.98. The number of benzene rings is 2. The SMILES string of the molecule is Cc1c(F)c(N2CC(O)C2)c(C)c2c1c(=O)ccn2-c1cc(N)c(F)cc1CO. The van der Waals surface area contributed by atoms with Gasteiger partial charge in [-0.05, 0) is 26.0 Å². The zero-order valence-electron chi connectivity index (χ0n) is 16.0. The van der Waals surface area contributed by atoms with Crippen LogP contribution in [-0.4, -0.2) is 34.0 Å². The van der Waals surface area contributed by atoms with Crippen LogP contribution in [0.25, 0.3) is 16.6 Å². The standard InChI is InChI=1S/C21H21F2N3O3/c1-10-18-17(29)3-4-26(16-6-15(24)14(22)5-12(16)9-27)20(18)11(2)21(19(10)23)25-7-13(28)8-25/h3-6,13,27-28H,7-9,24H2,1-2H3. The van der Waals surface area contributed by atoms with Gasteiger partial charge < -0.3 is 25.4 Å². The highest BCUT2D eigenvalue weighted by Crippen LogP contribution is 2.37. The molecular formula is C21H21F2N3O3. The summed E-state index contributed by atoms with van der Waals surface area (Å²) in [6.45, 7) is 3.39. The number of halogens is 2. The summed E-state index contributed by atoms with van der Waals surface area (Å²) in [5.41, 5.74) is 7.46. The Morgan fingerprint density at radius 3 is 2.52 bits per heavy atom. The van der Waals surface area contributed by atoms with Crippen LogP contribution in [0.5, 0.6) is 0 Å². The molecule has 1 aliphatic heterocycles.